The van der Waals surface area contributed by atoms with Crippen molar-refractivity contribution in [1.29, 1.82) is 0 Å². The largest absolute Gasteiger partial charge is 1.00 e. The molecule has 0 saturated carbocycles. The van der Waals surface area contributed by atoms with Crippen molar-refractivity contribution in [2.45, 2.75) is 116 Å². The van der Waals surface area contributed by atoms with E-state index >= 15 is 0 Å². The van der Waals surface area contributed by atoms with Gasteiger partial charge in [0.15, 0.2) is 0 Å². The molecule has 0 aromatic heterocycles. The third kappa shape index (κ3) is 7.92. The molecule has 0 aliphatic carbocycles. The van der Waals surface area contributed by atoms with Gasteiger partial charge in [-0.2, -0.15) is 0 Å². The van der Waals surface area contributed by atoms with Crippen molar-refractivity contribution in [3.8, 4) is 0 Å². The van der Waals surface area contributed by atoms with Crippen LogP contribution in [0.25, 0.3) is 0 Å². The maximum absolute atomic E-state index is 11.7. The average molecular weight is 387 g/mol. The average Bonchev–Trinajstić information content (AvgIpc) is 2.45. The minimum atomic E-state index is -0.151. The van der Waals surface area contributed by atoms with Crippen LogP contribution in [-0.2, 0) is 10.4 Å². The van der Waals surface area contributed by atoms with Crippen LogP contribution in [0.5, 0.6) is 0 Å². The van der Waals surface area contributed by atoms with Crippen molar-refractivity contribution < 1.29 is 44.6 Å². The molecule has 0 unspecified atom stereocenters. The second kappa shape index (κ2) is 10.6. The van der Waals surface area contributed by atoms with E-state index in [1.807, 2.05) is 55.4 Å². The van der Waals surface area contributed by atoms with Crippen LogP contribution in [-0.4, -0.2) is 32.3 Å². The number of hydrogen-bond donors (Lipinski definition) is 0. The van der Waals surface area contributed by atoms with E-state index < -0.39 is 0 Å². The van der Waals surface area contributed by atoms with E-state index in [1.54, 1.807) is 0 Å². The zero-order chi connectivity index (χ0) is 19.4. The van der Waals surface area contributed by atoms with Gasteiger partial charge in [0.1, 0.15) is 0 Å². The molecule has 2 aliphatic rings. The van der Waals surface area contributed by atoms with Crippen LogP contribution in [0.3, 0.4) is 0 Å². The molecule has 25 heavy (non-hydrogen) atoms. The molecule has 2 aliphatic heterocycles. The van der Waals surface area contributed by atoms with Crippen LogP contribution in [0.4, 0.5) is 0 Å². The van der Waals surface area contributed by atoms with E-state index in [4.69, 9.17) is 4.66 Å². The minimum Gasteiger partial charge on any atom is -0.769 e. The van der Waals surface area contributed by atoms with Crippen molar-refractivity contribution in [2.24, 2.45) is 0 Å². The molecule has 0 N–H and O–H groups in total. The Balaban J connectivity index is 0. The normalized spacial score (nSPS) is 26.9. The number of rotatable bonds is 0. The summed E-state index contributed by atoms with van der Waals surface area (Å²) in [4.78, 5) is 0. The molecule has 2 fully saturated rings. The third-order valence-electron chi connectivity index (χ3n) is 5.35. The van der Waals surface area contributed by atoms with Crippen molar-refractivity contribution in [1.82, 2.24) is 10.1 Å². The van der Waals surface area contributed by atoms with Gasteiger partial charge in [0.2, 0.25) is 0 Å². The van der Waals surface area contributed by atoms with Crippen LogP contribution < -0.4 is 34.2 Å². The van der Waals surface area contributed by atoms with Crippen molar-refractivity contribution in [3.05, 3.63) is 0 Å². The quantitative estimate of drug-likeness (QED) is 0.588. The molecule has 0 bridgehead atoms. The summed E-state index contributed by atoms with van der Waals surface area (Å²) in [6.07, 6.45) is 6.47. The van der Waals surface area contributed by atoms with E-state index in [1.165, 1.54) is 23.0 Å². The fourth-order valence-electron chi connectivity index (χ4n) is 3.95. The van der Waals surface area contributed by atoms with Gasteiger partial charge >= 0.3 is 29.6 Å². The van der Waals surface area contributed by atoms with Gasteiger partial charge in [0.25, 0.3) is 0 Å². The zero-order valence-electron chi connectivity index (χ0n) is 17.7. The molecule has 0 atom stereocenters. The Hall–Kier alpha value is 1.09. The van der Waals surface area contributed by atoms with Crippen LogP contribution in [0.1, 0.15) is 93.9 Å². The van der Waals surface area contributed by atoms with E-state index in [0.29, 0.717) is 0 Å². The summed E-state index contributed by atoms with van der Waals surface area (Å²) in [5, 5.41) is 25.9. The van der Waals surface area contributed by atoms with Gasteiger partial charge in [-0.1, -0.05) is 0 Å². The van der Waals surface area contributed by atoms with Gasteiger partial charge in [-0.25, -0.2) is 11.9 Å². The van der Waals surface area contributed by atoms with Gasteiger partial charge in [0, 0.05) is 22.2 Å². The molecule has 0 spiro atoms. The van der Waals surface area contributed by atoms with E-state index in [2.05, 4.69) is 11.9 Å². The fourth-order valence-corrected chi connectivity index (χ4v) is 3.95. The molecule has 0 aromatic rings. The first kappa shape index (κ1) is 28.3. The first-order valence-corrected chi connectivity index (χ1v) is 9.14. The maximum atomic E-state index is 11.7. The smallest absolute Gasteiger partial charge is 0.769 e. The Kier molecular flexibility index (Phi) is 12.0. The molecule has 144 valence electrons. The monoisotopic (exact) mass is 386 g/mol. The molecule has 5 nitrogen and oxygen atoms in total. The molecule has 2 radical (unpaired) electrons. The molecule has 0 aromatic carbocycles. The number of hydrogen-bond acceptors (Lipinski definition) is 3. The van der Waals surface area contributed by atoms with Crippen molar-refractivity contribution in [2.75, 3.05) is 0 Å². The number of halogens is 1. The van der Waals surface area contributed by atoms with E-state index in [9.17, 15) is 10.4 Å². The van der Waals surface area contributed by atoms with Gasteiger partial charge < -0.3 is 4.66 Å². The molecule has 7 heteroatoms. The Morgan fingerprint density at radius 1 is 0.600 bits per heavy atom. The Morgan fingerprint density at radius 3 is 0.880 bits per heavy atom. The van der Waals surface area contributed by atoms with Gasteiger partial charge in [-0.15, -0.1) is 20.5 Å². The van der Waals surface area contributed by atoms with Crippen LogP contribution in [0.15, 0.2) is 0 Å². The Morgan fingerprint density at radius 2 is 0.760 bits per heavy atom. The van der Waals surface area contributed by atoms with Crippen LogP contribution in [0.2, 0.25) is 0 Å². The van der Waals surface area contributed by atoms with E-state index in [-0.39, 0.29) is 51.7 Å². The van der Waals surface area contributed by atoms with Crippen molar-refractivity contribution in [3.63, 3.8) is 0 Å². The summed E-state index contributed by atoms with van der Waals surface area (Å²) in [5.74, 6) is 0. The number of hydroxylamine groups is 4. The first-order chi connectivity index (χ1) is 10.7. The third-order valence-corrected chi connectivity index (χ3v) is 5.35. The first-order valence-electron chi connectivity index (χ1n) is 8.83. The van der Waals surface area contributed by atoms with Gasteiger partial charge in [-0.05, 0) is 93.9 Å². The standard InChI is InChI=1S/2C9H18NO.ClO.Na/c2*1-8(2)6-5-7-9(3,4)10(8)11;1-2;/h2*5-7H2,1-4H3;;/q;;-1;+1. The molecular weight excluding hydrogens is 351 g/mol. The second-order valence-corrected chi connectivity index (χ2v) is 9.55. The van der Waals surface area contributed by atoms with E-state index in [0.717, 1.165) is 25.7 Å². The fraction of sp³-hybridized carbons (Fsp3) is 1.00. The summed E-state index contributed by atoms with van der Waals surface area (Å²) in [6.45, 7) is 16.2. The summed E-state index contributed by atoms with van der Waals surface area (Å²) in [7, 11) is 0. The Bertz CT molecular complexity index is 323. The molecule has 0 amide bonds. The Labute approximate surface area is 182 Å². The predicted octanol–water partition coefficient (Wildman–Crippen LogP) is 1.25. The van der Waals surface area contributed by atoms with Crippen LogP contribution in [0, 0.1) is 0 Å². The zero-order valence-corrected chi connectivity index (χ0v) is 20.5. The molecule has 2 saturated heterocycles. The number of nitrogens with zero attached hydrogens (tertiary/aromatic N) is 2. The minimum absolute atomic E-state index is 0. The number of piperidine rings is 2. The van der Waals surface area contributed by atoms with Gasteiger partial charge in [-0.3, -0.25) is 0 Å². The topological polar surface area (TPSA) is 69.3 Å². The van der Waals surface area contributed by atoms with Gasteiger partial charge in [0.05, 0.1) is 0 Å². The van der Waals surface area contributed by atoms with Crippen LogP contribution >= 0.6 is 11.9 Å². The second-order valence-electron chi connectivity index (χ2n) is 9.55. The maximum Gasteiger partial charge on any atom is 1.00 e. The SMILES string of the molecule is CC1(C)CCCC(C)(C)N1[O].CC1(C)CCCC(C)(C)N1[O].[Na+].[O-]Cl. The molecule has 2 rings (SSSR count). The summed E-state index contributed by atoms with van der Waals surface area (Å²) >= 11 is 3.39. The van der Waals surface area contributed by atoms with Crippen molar-refractivity contribution >= 4 is 11.9 Å². The molecular formula is C18H36ClN2NaO3. The predicted molar refractivity (Wildman–Crippen MR) is 94.9 cm³/mol. The molecule has 2 heterocycles. The summed E-state index contributed by atoms with van der Waals surface area (Å²) in [5.41, 5.74) is -0.604. The summed E-state index contributed by atoms with van der Waals surface area (Å²) < 4.78 is 7.72. The summed E-state index contributed by atoms with van der Waals surface area (Å²) in [6, 6.07) is 0.